The fourth-order valence-corrected chi connectivity index (χ4v) is 3.22. The number of carbonyl (C=O) groups excluding carboxylic acids is 1. The summed E-state index contributed by atoms with van der Waals surface area (Å²) in [6, 6.07) is 11.9. The highest BCUT2D eigenvalue weighted by Gasteiger charge is 2.12. The molecule has 0 saturated heterocycles. The molecule has 0 fully saturated rings. The number of thiazole rings is 1. The van der Waals surface area contributed by atoms with Crippen molar-refractivity contribution in [1.29, 1.82) is 0 Å². The van der Waals surface area contributed by atoms with Gasteiger partial charge in [-0.2, -0.15) is 0 Å². The van der Waals surface area contributed by atoms with Crippen LogP contribution in [-0.2, 0) is 11.2 Å². The number of aromatic hydroxyl groups is 1. The minimum absolute atomic E-state index is 0.155. The zero-order valence-electron chi connectivity index (χ0n) is 14.4. The number of anilines is 1. The molecular weight excluding hydrogens is 352 g/mol. The Morgan fingerprint density at radius 1 is 1.12 bits per heavy atom. The number of benzene rings is 2. The Kier molecular flexibility index (Phi) is 5.38. The number of aromatic nitrogens is 1. The highest BCUT2D eigenvalue weighted by atomic mass is 32.1. The Morgan fingerprint density at radius 3 is 2.54 bits per heavy atom. The molecule has 1 aromatic heterocycles. The van der Waals surface area contributed by atoms with Crippen LogP contribution in [0.15, 0.2) is 47.8 Å². The maximum atomic E-state index is 12.2. The Balaban J connectivity index is 1.69. The normalized spacial score (nSPS) is 10.4. The number of amides is 1. The SMILES string of the molecule is COc1ccc(-c2nc(CC(=O)Nc3ccc(O)cc3)cs2)cc1OC. The molecule has 26 heavy (non-hydrogen) atoms. The number of phenolic OH excluding ortho intramolecular Hbond substituents is 1. The molecule has 0 spiro atoms. The first-order chi connectivity index (χ1) is 12.6. The largest absolute Gasteiger partial charge is 0.508 e. The predicted molar refractivity (Wildman–Crippen MR) is 101 cm³/mol. The number of carbonyl (C=O) groups is 1. The first-order valence-electron chi connectivity index (χ1n) is 7.84. The second kappa shape index (κ2) is 7.88. The van der Waals surface area contributed by atoms with E-state index in [0.717, 1.165) is 10.6 Å². The van der Waals surface area contributed by atoms with Gasteiger partial charge in [0.15, 0.2) is 11.5 Å². The molecule has 6 nitrogen and oxygen atoms in total. The number of phenols is 1. The van der Waals surface area contributed by atoms with Gasteiger partial charge in [0.05, 0.1) is 26.3 Å². The third kappa shape index (κ3) is 4.12. The van der Waals surface area contributed by atoms with Gasteiger partial charge < -0.3 is 19.9 Å². The number of nitrogens with zero attached hydrogens (tertiary/aromatic N) is 1. The van der Waals surface area contributed by atoms with E-state index in [0.29, 0.717) is 22.9 Å². The highest BCUT2D eigenvalue weighted by Crippen LogP contribution is 2.33. The predicted octanol–water partition coefficient (Wildman–Crippen LogP) is 3.71. The van der Waals surface area contributed by atoms with Crippen molar-refractivity contribution in [3.8, 4) is 27.8 Å². The molecule has 7 heteroatoms. The van der Waals surface area contributed by atoms with E-state index in [9.17, 15) is 9.90 Å². The van der Waals surface area contributed by atoms with Gasteiger partial charge in [0.1, 0.15) is 10.8 Å². The minimum Gasteiger partial charge on any atom is -0.508 e. The summed E-state index contributed by atoms with van der Waals surface area (Å²) in [4.78, 5) is 16.7. The number of nitrogens with one attached hydrogen (secondary N) is 1. The summed E-state index contributed by atoms with van der Waals surface area (Å²) in [6.45, 7) is 0. The minimum atomic E-state index is -0.167. The molecule has 3 rings (SSSR count). The van der Waals surface area contributed by atoms with Gasteiger partial charge >= 0.3 is 0 Å². The molecule has 0 aliphatic rings. The van der Waals surface area contributed by atoms with E-state index in [2.05, 4.69) is 10.3 Å². The summed E-state index contributed by atoms with van der Waals surface area (Å²) >= 11 is 1.46. The summed E-state index contributed by atoms with van der Waals surface area (Å²) in [5.74, 6) is 1.27. The molecule has 0 aliphatic heterocycles. The maximum absolute atomic E-state index is 12.2. The van der Waals surface area contributed by atoms with Gasteiger partial charge in [-0.3, -0.25) is 4.79 Å². The first-order valence-corrected chi connectivity index (χ1v) is 8.72. The zero-order valence-corrected chi connectivity index (χ0v) is 15.2. The van der Waals surface area contributed by atoms with Crippen LogP contribution in [0.5, 0.6) is 17.2 Å². The third-order valence-corrected chi connectivity index (χ3v) is 4.62. The third-order valence-electron chi connectivity index (χ3n) is 3.67. The molecule has 134 valence electrons. The number of hydrogen-bond acceptors (Lipinski definition) is 6. The van der Waals surface area contributed by atoms with Crippen molar-refractivity contribution >= 4 is 22.9 Å². The lowest BCUT2D eigenvalue weighted by Crippen LogP contribution is -2.14. The summed E-state index contributed by atoms with van der Waals surface area (Å²) in [6.07, 6.45) is 0.171. The van der Waals surface area contributed by atoms with Crippen molar-refractivity contribution in [2.24, 2.45) is 0 Å². The lowest BCUT2D eigenvalue weighted by atomic mass is 10.2. The van der Waals surface area contributed by atoms with Gasteiger partial charge in [0.2, 0.25) is 5.91 Å². The van der Waals surface area contributed by atoms with Gasteiger partial charge in [-0.25, -0.2) is 4.98 Å². The van der Waals surface area contributed by atoms with E-state index >= 15 is 0 Å². The van der Waals surface area contributed by atoms with E-state index < -0.39 is 0 Å². The second-order valence-corrected chi connectivity index (χ2v) is 6.34. The summed E-state index contributed by atoms with van der Waals surface area (Å²) in [5.41, 5.74) is 2.22. The van der Waals surface area contributed by atoms with Crippen LogP contribution in [0.2, 0.25) is 0 Å². The fraction of sp³-hybridized carbons (Fsp3) is 0.158. The highest BCUT2D eigenvalue weighted by molar-refractivity contribution is 7.13. The molecule has 2 N–H and O–H groups in total. The molecule has 2 aromatic carbocycles. The van der Waals surface area contributed by atoms with Crippen molar-refractivity contribution in [2.75, 3.05) is 19.5 Å². The number of ether oxygens (including phenoxy) is 2. The van der Waals surface area contributed by atoms with Crippen molar-refractivity contribution in [3.63, 3.8) is 0 Å². The average Bonchev–Trinajstić information content (AvgIpc) is 3.11. The summed E-state index contributed by atoms with van der Waals surface area (Å²) in [7, 11) is 3.17. The van der Waals surface area contributed by atoms with Crippen LogP contribution in [0.1, 0.15) is 5.69 Å². The molecule has 0 aliphatic carbocycles. The van der Waals surface area contributed by atoms with Gasteiger partial charge in [0, 0.05) is 16.6 Å². The number of methoxy groups -OCH3 is 2. The van der Waals surface area contributed by atoms with Crippen LogP contribution in [0.3, 0.4) is 0 Å². The smallest absolute Gasteiger partial charge is 0.230 e. The Morgan fingerprint density at radius 2 is 1.85 bits per heavy atom. The molecule has 0 bridgehead atoms. The lowest BCUT2D eigenvalue weighted by molar-refractivity contribution is -0.115. The second-order valence-electron chi connectivity index (χ2n) is 5.49. The summed E-state index contributed by atoms with van der Waals surface area (Å²) in [5, 5.41) is 14.7. The van der Waals surface area contributed by atoms with E-state index in [1.807, 2.05) is 23.6 Å². The van der Waals surface area contributed by atoms with E-state index in [-0.39, 0.29) is 18.1 Å². The summed E-state index contributed by atoms with van der Waals surface area (Å²) < 4.78 is 10.6. The van der Waals surface area contributed by atoms with Crippen molar-refractivity contribution in [1.82, 2.24) is 4.98 Å². The molecule has 1 heterocycles. The number of rotatable bonds is 6. The first kappa shape index (κ1) is 17.8. The topological polar surface area (TPSA) is 80.7 Å². The zero-order chi connectivity index (χ0) is 18.5. The molecule has 0 radical (unpaired) electrons. The van der Waals surface area contributed by atoms with Crippen LogP contribution in [0.25, 0.3) is 10.6 Å². The lowest BCUT2D eigenvalue weighted by Gasteiger charge is -2.08. The van der Waals surface area contributed by atoms with Crippen LogP contribution >= 0.6 is 11.3 Å². The van der Waals surface area contributed by atoms with Crippen molar-refractivity contribution in [3.05, 3.63) is 53.5 Å². The Labute approximate surface area is 155 Å². The Hall–Kier alpha value is -3.06. The molecule has 0 saturated carbocycles. The van der Waals surface area contributed by atoms with Crippen LogP contribution in [-0.4, -0.2) is 30.2 Å². The number of hydrogen-bond donors (Lipinski definition) is 2. The molecule has 0 atom stereocenters. The average molecular weight is 370 g/mol. The molecule has 1 amide bonds. The van der Waals surface area contributed by atoms with Gasteiger partial charge in [-0.05, 0) is 42.5 Å². The van der Waals surface area contributed by atoms with E-state index in [1.54, 1.807) is 26.4 Å². The fourth-order valence-electron chi connectivity index (χ4n) is 2.40. The monoisotopic (exact) mass is 370 g/mol. The quantitative estimate of drug-likeness (QED) is 0.647. The van der Waals surface area contributed by atoms with Gasteiger partial charge in [0.25, 0.3) is 0 Å². The maximum Gasteiger partial charge on any atom is 0.230 e. The van der Waals surface area contributed by atoms with E-state index in [4.69, 9.17) is 9.47 Å². The van der Waals surface area contributed by atoms with Gasteiger partial charge in [-0.15, -0.1) is 11.3 Å². The Bertz CT molecular complexity index is 906. The van der Waals surface area contributed by atoms with Crippen molar-refractivity contribution in [2.45, 2.75) is 6.42 Å². The van der Waals surface area contributed by atoms with Crippen LogP contribution in [0.4, 0.5) is 5.69 Å². The van der Waals surface area contributed by atoms with Crippen LogP contribution < -0.4 is 14.8 Å². The van der Waals surface area contributed by atoms with E-state index in [1.165, 1.54) is 23.5 Å². The molecular formula is C19H18N2O4S. The molecule has 0 unspecified atom stereocenters. The standard InChI is InChI=1S/C19H18N2O4S/c1-24-16-8-3-12(9-17(16)25-2)19-21-14(11-26-19)10-18(23)20-13-4-6-15(22)7-5-13/h3-9,11,22H,10H2,1-2H3,(H,20,23). The molecule has 3 aromatic rings. The van der Waals surface area contributed by atoms with Crippen molar-refractivity contribution < 1.29 is 19.4 Å². The van der Waals surface area contributed by atoms with Crippen LogP contribution in [0, 0.1) is 0 Å². The van der Waals surface area contributed by atoms with Gasteiger partial charge in [-0.1, -0.05) is 0 Å².